The summed E-state index contributed by atoms with van der Waals surface area (Å²) in [7, 11) is 0. The Kier molecular flexibility index (Phi) is 31.6. The first-order chi connectivity index (χ1) is 53.0. The van der Waals surface area contributed by atoms with Gasteiger partial charge in [-0.15, -0.1) is 212 Å². The molecule has 6 nitrogen and oxygen atoms in total. The first kappa shape index (κ1) is 77.3. The maximum absolute atomic E-state index is 7.98. The molecule has 16 rings (SSSR count). The molecular weight excluding hydrogens is 2030 g/mol. The van der Waals surface area contributed by atoms with E-state index in [-0.39, 0.29) is 110 Å². The summed E-state index contributed by atoms with van der Waals surface area (Å²) >= 11 is 0. The van der Waals surface area contributed by atoms with Crippen molar-refractivity contribution in [2.45, 2.75) is 55.4 Å². The summed E-state index contributed by atoms with van der Waals surface area (Å²) < 4.78 is 39.1. The van der Waals surface area contributed by atoms with E-state index in [1.165, 1.54) is 73.0 Å². The van der Waals surface area contributed by atoms with Crippen LogP contribution in [-0.2, 0) is 80.4 Å². The molecule has 0 aliphatic carbocycles. The Balaban J connectivity index is 0.000000189. The first-order valence-corrected chi connectivity index (χ1v) is 34.3. The number of aryl methyl sites for hydroxylation is 8. The maximum atomic E-state index is 7.98. The molecule has 0 saturated carbocycles. The zero-order valence-electron chi connectivity index (χ0n) is 66.0. The SMILES string of the molecule is Cc1[c-]c(-c2cc(C)c(-c3ccccc3)cn2)cc(C)c1.Cc1[c-]c(-c2cc(C)c(-c3ccccc3)cn2)cc(C)c1.Cc1ccc[c-]c1-c1ccccn1.Cc1cccnc1-c1[c-]cccc1.[2H]c1c([2H])c([2H])c(-c2ccc(-c3[c-]cccc3)nc2)c([2H])c1[2H].[Ir].[Ir].[Ir].[Ir].[c-]1ccc(-c2ccccc2)cc1-c1ccccn1. The van der Waals surface area contributed by atoms with E-state index in [4.69, 9.17) is 6.85 Å². The van der Waals surface area contributed by atoms with E-state index in [9.17, 15) is 0 Å². The minimum absolute atomic E-state index is 0. The molecule has 10 aromatic carbocycles. The molecule has 0 N–H and O–H groups in total. The van der Waals surface area contributed by atoms with Gasteiger partial charge in [-0.1, -0.05) is 216 Å². The molecule has 108 heavy (non-hydrogen) atoms. The van der Waals surface area contributed by atoms with Gasteiger partial charge in [-0.25, -0.2) is 0 Å². The predicted molar refractivity (Wildman–Crippen MR) is 431 cm³/mol. The minimum atomic E-state index is -0.396. The van der Waals surface area contributed by atoms with Crippen molar-refractivity contribution in [3.05, 3.63) is 421 Å². The minimum Gasteiger partial charge on any atom is -0.305 e. The van der Waals surface area contributed by atoms with E-state index in [0.29, 0.717) is 11.3 Å². The topological polar surface area (TPSA) is 77.3 Å². The molecule has 10 heteroatoms. The molecule has 0 amide bonds. The fraction of sp³-hybridized carbons (Fsp3) is 0.0816. The van der Waals surface area contributed by atoms with Crippen molar-refractivity contribution in [2.75, 3.05) is 0 Å². The van der Waals surface area contributed by atoms with Crippen LogP contribution in [0.25, 0.3) is 112 Å². The van der Waals surface area contributed by atoms with Gasteiger partial charge in [0.25, 0.3) is 0 Å². The van der Waals surface area contributed by atoms with E-state index in [0.717, 1.165) is 73.0 Å². The molecule has 0 spiro atoms. The average molecular weight is 2120 g/mol. The van der Waals surface area contributed by atoms with E-state index in [1.807, 2.05) is 152 Å². The fourth-order valence-electron chi connectivity index (χ4n) is 11.5. The molecule has 6 heterocycles. The second kappa shape index (κ2) is 44.1. The van der Waals surface area contributed by atoms with Gasteiger partial charge >= 0.3 is 0 Å². The maximum Gasteiger partial charge on any atom is 0.0629 e. The molecule has 0 aliphatic heterocycles. The Bertz CT molecular complexity index is 5300. The van der Waals surface area contributed by atoms with E-state index < -0.39 is 6.04 Å². The van der Waals surface area contributed by atoms with Gasteiger partial charge in [0.1, 0.15) is 0 Å². The molecule has 16 aromatic rings. The van der Waals surface area contributed by atoms with Crippen LogP contribution in [0.15, 0.2) is 340 Å². The van der Waals surface area contributed by atoms with Crippen molar-refractivity contribution in [1.29, 1.82) is 0 Å². The Morgan fingerprint density at radius 3 is 1.22 bits per heavy atom. The van der Waals surface area contributed by atoms with Crippen molar-refractivity contribution in [2.24, 2.45) is 0 Å². The van der Waals surface area contributed by atoms with Crippen LogP contribution in [-0.4, -0.2) is 29.9 Å². The number of hydrogen-bond donors (Lipinski definition) is 0. The second-order valence-corrected chi connectivity index (χ2v) is 24.7. The molecular formula is C98H80Ir4N6-6. The third-order valence-corrected chi connectivity index (χ3v) is 16.6. The van der Waals surface area contributed by atoms with Gasteiger partial charge in [0.2, 0.25) is 0 Å². The van der Waals surface area contributed by atoms with Gasteiger partial charge in [0.15, 0.2) is 0 Å². The standard InChI is InChI=1S/2C20H18N.2C17H12N.2C12H10N.4Ir/c2*1-14-9-15(2)11-18(10-14)20-12-16(3)19(13-21-20)17-7-5-4-6-8-17;1-3-7-14(8-4-1)16-11-12-17(18-13-16)15-9-5-2-6-10-15;1-2-7-14(8-3-1)15-9-6-10-16(13-15)17-11-4-5-12-18-17;1-10-6-2-3-7-11(10)12-8-4-5-9-13-12;1-10-6-5-9-13-12(10)11-7-3-2-4-8-11;;;;/h2*4-10,12-13H,1-3H3;2*1-9,11-13H;2-6,8-9H,1H3;2-7,9H,1H3;;;;/q6*-1;;;;/i;;1D,3D,4D,7D,8D;;;;;;;. The Morgan fingerprint density at radius 1 is 0.269 bits per heavy atom. The van der Waals surface area contributed by atoms with Crippen molar-refractivity contribution < 1.29 is 87.3 Å². The number of pyridine rings is 6. The first-order valence-electron chi connectivity index (χ1n) is 36.8. The average Bonchev–Trinajstić information content (AvgIpc) is 0.760. The summed E-state index contributed by atoms with van der Waals surface area (Å²) in [4.78, 5) is 26.5. The molecule has 0 bridgehead atoms. The molecule has 0 atom stereocenters. The zero-order chi connectivity index (χ0) is 76.6. The van der Waals surface area contributed by atoms with Crippen LogP contribution in [0.5, 0.6) is 0 Å². The summed E-state index contributed by atoms with van der Waals surface area (Å²) in [5.74, 6) is 0. The summed E-state index contributed by atoms with van der Waals surface area (Å²) in [5.41, 5.74) is 29.2. The number of benzene rings is 10. The van der Waals surface area contributed by atoms with Crippen molar-refractivity contribution in [3.8, 4) is 112 Å². The Hall–Kier alpha value is -10.3. The molecule has 0 saturated heterocycles. The van der Waals surface area contributed by atoms with E-state index >= 15 is 0 Å². The van der Waals surface area contributed by atoms with Crippen LogP contribution in [0.4, 0.5) is 0 Å². The smallest absolute Gasteiger partial charge is 0.0629 e. The van der Waals surface area contributed by atoms with Crippen LogP contribution in [0.3, 0.4) is 0 Å². The predicted octanol–water partition coefficient (Wildman–Crippen LogP) is 24.4. The van der Waals surface area contributed by atoms with Crippen molar-refractivity contribution in [3.63, 3.8) is 0 Å². The van der Waals surface area contributed by atoms with E-state index in [2.05, 4.69) is 243 Å². The van der Waals surface area contributed by atoms with Gasteiger partial charge in [0, 0.05) is 129 Å². The van der Waals surface area contributed by atoms with Gasteiger partial charge < -0.3 is 29.9 Å². The van der Waals surface area contributed by atoms with E-state index in [1.54, 1.807) is 30.6 Å². The van der Waals surface area contributed by atoms with Crippen LogP contribution in [0.2, 0.25) is 0 Å². The largest absolute Gasteiger partial charge is 0.305 e. The molecule has 544 valence electrons. The number of hydrogen-bond acceptors (Lipinski definition) is 6. The zero-order valence-corrected chi connectivity index (χ0v) is 70.5. The van der Waals surface area contributed by atoms with Crippen LogP contribution < -0.4 is 0 Å². The van der Waals surface area contributed by atoms with Crippen molar-refractivity contribution in [1.82, 2.24) is 29.9 Å². The van der Waals surface area contributed by atoms with Gasteiger partial charge in [-0.3, -0.25) is 0 Å². The molecule has 0 fully saturated rings. The molecule has 0 aliphatic rings. The normalized spacial score (nSPS) is 10.6. The Morgan fingerprint density at radius 2 is 0.741 bits per heavy atom. The van der Waals surface area contributed by atoms with Gasteiger partial charge in [-0.05, 0) is 112 Å². The number of nitrogens with zero attached hydrogens (tertiary/aromatic N) is 6. The quantitative estimate of drug-likeness (QED) is 0.127. The van der Waals surface area contributed by atoms with Crippen molar-refractivity contribution >= 4 is 0 Å². The van der Waals surface area contributed by atoms with Crippen LogP contribution in [0, 0.1) is 91.8 Å². The second-order valence-electron chi connectivity index (χ2n) is 24.7. The molecule has 0 unspecified atom stereocenters. The Labute approximate surface area is 699 Å². The number of rotatable bonds is 10. The third-order valence-electron chi connectivity index (χ3n) is 16.6. The summed E-state index contributed by atoms with van der Waals surface area (Å²) in [6, 6.07) is 109. The van der Waals surface area contributed by atoms with Gasteiger partial charge in [0.05, 0.1) is 6.85 Å². The molecule has 4 radical (unpaired) electrons. The molecule has 6 aromatic heterocycles. The summed E-state index contributed by atoms with van der Waals surface area (Å²) in [6.45, 7) is 16.8. The summed E-state index contributed by atoms with van der Waals surface area (Å²) in [5, 5.41) is 0. The van der Waals surface area contributed by atoms with Crippen LogP contribution in [0.1, 0.15) is 51.4 Å². The third kappa shape index (κ3) is 24.9. The summed E-state index contributed by atoms with van der Waals surface area (Å²) in [6.07, 6.45) is 10.9. The fourth-order valence-corrected chi connectivity index (χ4v) is 11.5. The number of aromatic nitrogens is 6. The monoisotopic (exact) mass is 2120 g/mol. The van der Waals surface area contributed by atoms with Crippen LogP contribution >= 0.6 is 0 Å². The van der Waals surface area contributed by atoms with Gasteiger partial charge in [-0.2, -0.15) is 0 Å².